The molecule has 0 aliphatic carbocycles. The van der Waals surface area contributed by atoms with Crippen LogP contribution in [0.4, 0.5) is 5.13 Å². The number of anilines is 1. The predicted molar refractivity (Wildman–Crippen MR) is 121 cm³/mol. The number of ether oxygens (including phenoxy) is 1. The number of aromatic nitrogens is 4. The summed E-state index contributed by atoms with van der Waals surface area (Å²) >= 11 is 1.25. The first-order valence-electron chi connectivity index (χ1n) is 9.59. The number of para-hydroxylation sites is 1. The first-order chi connectivity index (χ1) is 15.0. The van der Waals surface area contributed by atoms with Gasteiger partial charge in [0.05, 0.1) is 18.9 Å². The number of pyridine rings is 1. The van der Waals surface area contributed by atoms with E-state index in [1.54, 1.807) is 31.8 Å². The molecule has 0 saturated heterocycles. The fraction of sp³-hybridized carbons (Fsp3) is 0.174. The second-order valence-corrected chi connectivity index (χ2v) is 7.88. The van der Waals surface area contributed by atoms with E-state index in [-0.39, 0.29) is 11.8 Å². The summed E-state index contributed by atoms with van der Waals surface area (Å²) in [7, 11) is 1.59. The number of carbonyl (C=O) groups excluding carboxylic acids is 1. The van der Waals surface area contributed by atoms with E-state index in [2.05, 4.69) is 37.1 Å². The molecule has 0 aliphatic heterocycles. The van der Waals surface area contributed by atoms with Crippen LogP contribution in [0.25, 0.3) is 21.6 Å². The number of fused-ring (bicyclic) bond motifs is 1. The van der Waals surface area contributed by atoms with Gasteiger partial charge in [-0.3, -0.25) is 15.1 Å². The van der Waals surface area contributed by atoms with Crippen LogP contribution in [0.15, 0.2) is 48.9 Å². The zero-order valence-electron chi connectivity index (χ0n) is 17.2. The molecule has 0 radical (unpaired) electrons. The minimum atomic E-state index is -0.304. The van der Waals surface area contributed by atoms with Crippen LogP contribution in [-0.4, -0.2) is 33.0 Å². The summed E-state index contributed by atoms with van der Waals surface area (Å²) in [5.41, 5.74) is 2.96. The zero-order chi connectivity index (χ0) is 21.8. The van der Waals surface area contributed by atoms with Crippen LogP contribution in [0, 0.1) is 17.8 Å². The van der Waals surface area contributed by atoms with Gasteiger partial charge in [0, 0.05) is 29.4 Å². The van der Waals surface area contributed by atoms with Crippen molar-refractivity contribution in [3.63, 3.8) is 0 Å². The molecule has 8 heteroatoms. The number of nitrogens with one attached hydrogen (secondary N) is 1. The highest BCUT2D eigenvalue weighted by atomic mass is 32.1. The largest absolute Gasteiger partial charge is 0.496 e. The molecule has 0 spiro atoms. The highest BCUT2D eigenvalue weighted by Crippen LogP contribution is 2.32. The number of hydrogen-bond donors (Lipinski definition) is 1. The van der Waals surface area contributed by atoms with E-state index >= 15 is 0 Å². The summed E-state index contributed by atoms with van der Waals surface area (Å²) in [5.74, 6) is 6.66. The van der Waals surface area contributed by atoms with Crippen LogP contribution < -0.4 is 10.1 Å². The van der Waals surface area contributed by atoms with Crippen LogP contribution >= 0.6 is 11.3 Å². The van der Waals surface area contributed by atoms with Gasteiger partial charge in [0.2, 0.25) is 0 Å². The maximum atomic E-state index is 13.1. The predicted octanol–water partition coefficient (Wildman–Crippen LogP) is 4.42. The maximum absolute atomic E-state index is 13.1. The molecule has 0 bridgehead atoms. The number of amides is 1. The van der Waals surface area contributed by atoms with Gasteiger partial charge in [0.25, 0.3) is 5.91 Å². The van der Waals surface area contributed by atoms with Crippen molar-refractivity contribution in [3.8, 4) is 28.7 Å². The summed E-state index contributed by atoms with van der Waals surface area (Å²) in [6.07, 6.45) is 4.81. The molecule has 4 aromatic rings. The quantitative estimate of drug-likeness (QED) is 0.483. The summed E-state index contributed by atoms with van der Waals surface area (Å²) < 4.78 is 5.44. The van der Waals surface area contributed by atoms with E-state index in [9.17, 15) is 4.79 Å². The van der Waals surface area contributed by atoms with Crippen LogP contribution in [0.3, 0.4) is 0 Å². The average molecular weight is 430 g/mol. The number of methoxy groups -OCH3 is 1. The molecule has 1 amide bonds. The fourth-order valence-corrected chi connectivity index (χ4v) is 3.68. The van der Waals surface area contributed by atoms with Gasteiger partial charge < -0.3 is 4.74 Å². The third kappa shape index (κ3) is 4.52. The second-order valence-electron chi connectivity index (χ2n) is 6.90. The Morgan fingerprint density at radius 3 is 2.77 bits per heavy atom. The molecule has 0 aliphatic rings. The lowest BCUT2D eigenvalue weighted by atomic mass is 10.0. The second kappa shape index (κ2) is 8.90. The van der Waals surface area contributed by atoms with Crippen molar-refractivity contribution in [1.82, 2.24) is 19.9 Å². The Labute approximate surface area is 183 Å². The van der Waals surface area contributed by atoms with Crippen molar-refractivity contribution >= 4 is 32.9 Å². The number of nitrogens with zero attached hydrogens (tertiary/aromatic N) is 4. The Morgan fingerprint density at radius 2 is 1.97 bits per heavy atom. The Kier molecular flexibility index (Phi) is 5.87. The molecule has 3 aromatic heterocycles. The standard InChI is InChI=1S/C23H19N5O2S/c1-14(2)8-9-15-12-25-20-22(26-15)31-23(27-20)28-21(29)17-10-11-24-13-18(17)16-6-4-5-7-19(16)30-3/h4-7,10-14H,1-3H3,(H,25,27,28,29). The van der Waals surface area contributed by atoms with E-state index in [0.717, 1.165) is 5.56 Å². The lowest BCUT2D eigenvalue weighted by molar-refractivity contribution is 0.102. The Hall–Kier alpha value is -3.83. The van der Waals surface area contributed by atoms with Gasteiger partial charge in [-0.15, -0.1) is 0 Å². The van der Waals surface area contributed by atoms with Gasteiger partial charge in [-0.25, -0.2) is 9.97 Å². The van der Waals surface area contributed by atoms with Crippen LogP contribution in [0.2, 0.25) is 0 Å². The summed E-state index contributed by atoms with van der Waals surface area (Å²) in [6.45, 7) is 4.02. The van der Waals surface area contributed by atoms with Crippen molar-refractivity contribution in [3.05, 3.63) is 60.2 Å². The smallest absolute Gasteiger partial charge is 0.258 e. The van der Waals surface area contributed by atoms with E-state index in [4.69, 9.17) is 4.74 Å². The maximum Gasteiger partial charge on any atom is 0.258 e. The first-order valence-corrected chi connectivity index (χ1v) is 10.4. The van der Waals surface area contributed by atoms with E-state index in [0.29, 0.717) is 38.2 Å². The molecule has 154 valence electrons. The van der Waals surface area contributed by atoms with Crippen molar-refractivity contribution in [2.75, 3.05) is 12.4 Å². The lowest BCUT2D eigenvalue weighted by Gasteiger charge is -2.11. The molecule has 0 fully saturated rings. The normalized spacial score (nSPS) is 10.6. The van der Waals surface area contributed by atoms with Gasteiger partial charge >= 0.3 is 0 Å². The van der Waals surface area contributed by atoms with Crippen molar-refractivity contribution in [2.24, 2.45) is 5.92 Å². The Balaban J connectivity index is 1.64. The third-order valence-corrected chi connectivity index (χ3v) is 5.15. The molecule has 7 nitrogen and oxygen atoms in total. The zero-order valence-corrected chi connectivity index (χ0v) is 18.0. The number of benzene rings is 1. The fourth-order valence-electron chi connectivity index (χ4n) is 2.89. The lowest BCUT2D eigenvalue weighted by Crippen LogP contribution is -2.13. The average Bonchev–Trinajstić information content (AvgIpc) is 3.19. The number of carbonyl (C=O) groups is 1. The molecule has 0 unspecified atom stereocenters. The Morgan fingerprint density at radius 1 is 1.13 bits per heavy atom. The van der Waals surface area contributed by atoms with Gasteiger partial charge in [-0.1, -0.05) is 49.3 Å². The molecule has 1 N–H and O–H groups in total. The van der Waals surface area contributed by atoms with Gasteiger partial charge in [-0.05, 0) is 18.1 Å². The highest BCUT2D eigenvalue weighted by molar-refractivity contribution is 7.21. The van der Waals surface area contributed by atoms with Gasteiger partial charge in [-0.2, -0.15) is 4.98 Å². The van der Waals surface area contributed by atoms with Crippen molar-refractivity contribution < 1.29 is 9.53 Å². The minimum Gasteiger partial charge on any atom is -0.496 e. The number of hydrogen-bond acceptors (Lipinski definition) is 7. The summed E-state index contributed by atoms with van der Waals surface area (Å²) in [6, 6.07) is 9.16. The molecule has 0 atom stereocenters. The van der Waals surface area contributed by atoms with Crippen LogP contribution in [0.5, 0.6) is 5.75 Å². The van der Waals surface area contributed by atoms with Gasteiger partial charge in [0.15, 0.2) is 15.6 Å². The Bertz CT molecular complexity index is 1320. The summed E-state index contributed by atoms with van der Waals surface area (Å²) in [4.78, 5) is 31.0. The van der Waals surface area contributed by atoms with E-state index in [1.807, 2.05) is 38.1 Å². The minimum absolute atomic E-state index is 0.242. The molecule has 0 saturated carbocycles. The first kappa shape index (κ1) is 20.4. The van der Waals surface area contributed by atoms with Gasteiger partial charge in [0.1, 0.15) is 11.4 Å². The van der Waals surface area contributed by atoms with E-state index < -0.39 is 0 Å². The topological polar surface area (TPSA) is 89.9 Å². The molecule has 4 rings (SSSR count). The molecular formula is C23H19N5O2S. The molecule has 3 heterocycles. The van der Waals surface area contributed by atoms with Crippen molar-refractivity contribution in [2.45, 2.75) is 13.8 Å². The van der Waals surface area contributed by atoms with Crippen LogP contribution in [0.1, 0.15) is 29.9 Å². The molecule has 31 heavy (non-hydrogen) atoms. The molecule has 1 aromatic carbocycles. The molecular weight excluding hydrogens is 410 g/mol. The van der Waals surface area contributed by atoms with Crippen LogP contribution in [-0.2, 0) is 0 Å². The highest BCUT2D eigenvalue weighted by Gasteiger charge is 2.17. The number of rotatable bonds is 4. The number of thiazole rings is 1. The SMILES string of the molecule is COc1ccccc1-c1cnccc1C(=O)Nc1nc2ncc(C#CC(C)C)nc2s1. The monoisotopic (exact) mass is 429 g/mol. The third-order valence-electron chi connectivity index (χ3n) is 4.30. The summed E-state index contributed by atoms with van der Waals surface area (Å²) in [5, 5.41) is 3.26. The van der Waals surface area contributed by atoms with Crippen molar-refractivity contribution in [1.29, 1.82) is 0 Å². The van der Waals surface area contributed by atoms with E-state index in [1.165, 1.54) is 11.3 Å².